The van der Waals surface area contributed by atoms with Crippen molar-refractivity contribution in [2.45, 2.75) is 26.1 Å². The second kappa shape index (κ2) is 1.99. The molecule has 0 aliphatic carbocycles. The number of hydrogen-bond acceptors (Lipinski definition) is 3. The molecule has 0 N–H and O–H groups in total. The highest BCUT2D eigenvalue weighted by molar-refractivity contribution is 5.66. The van der Waals surface area contributed by atoms with Crippen molar-refractivity contribution in [3.05, 3.63) is 0 Å². The highest BCUT2D eigenvalue weighted by Crippen LogP contribution is 2.26. The predicted molar refractivity (Wildman–Crippen MR) is 30.7 cm³/mol. The average molecular weight is 130 g/mol. The van der Waals surface area contributed by atoms with Crippen LogP contribution in [-0.2, 0) is 14.3 Å². The summed E-state index contributed by atoms with van der Waals surface area (Å²) in [4.78, 5) is 10.3. The third kappa shape index (κ3) is 1.42. The lowest BCUT2D eigenvalue weighted by Gasteiger charge is -2.36. The van der Waals surface area contributed by atoms with Crippen LogP contribution in [0.2, 0.25) is 0 Å². The minimum atomic E-state index is -0.605. The van der Waals surface area contributed by atoms with Crippen LogP contribution in [0.5, 0.6) is 0 Å². The van der Waals surface area contributed by atoms with E-state index in [4.69, 9.17) is 9.47 Å². The zero-order chi connectivity index (χ0) is 6.91. The molecule has 0 aromatic carbocycles. The lowest BCUT2D eigenvalue weighted by atomic mass is 10.1. The Balaban J connectivity index is 2.33. The summed E-state index contributed by atoms with van der Waals surface area (Å²) in [5, 5.41) is 0. The quantitative estimate of drug-likeness (QED) is 0.490. The zero-order valence-corrected chi connectivity index (χ0v) is 5.64. The Hall–Kier alpha value is -0.570. The first-order chi connectivity index (χ1) is 4.12. The third-order valence-electron chi connectivity index (χ3n) is 1.32. The van der Waals surface area contributed by atoms with E-state index in [0.717, 1.165) is 6.42 Å². The molecule has 1 fully saturated rings. The van der Waals surface area contributed by atoms with Gasteiger partial charge in [0.1, 0.15) is 0 Å². The maximum absolute atomic E-state index is 10.3. The number of carbonyl (C=O) groups is 1. The summed E-state index contributed by atoms with van der Waals surface area (Å²) in [7, 11) is 0. The Morgan fingerprint density at radius 3 is 2.44 bits per heavy atom. The van der Waals surface area contributed by atoms with Crippen molar-refractivity contribution >= 4 is 5.97 Å². The molecular formula is C6H10O3. The molecule has 1 rings (SSSR count). The minimum Gasteiger partial charge on any atom is -0.433 e. The van der Waals surface area contributed by atoms with Gasteiger partial charge in [-0.15, -0.1) is 0 Å². The summed E-state index contributed by atoms with van der Waals surface area (Å²) >= 11 is 0. The SMILES string of the molecule is CC(=O)OC1(C)CCO1. The van der Waals surface area contributed by atoms with Crippen LogP contribution >= 0.6 is 0 Å². The van der Waals surface area contributed by atoms with Crippen LogP contribution in [0.25, 0.3) is 0 Å². The van der Waals surface area contributed by atoms with Crippen molar-refractivity contribution in [3.63, 3.8) is 0 Å². The van der Waals surface area contributed by atoms with Gasteiger partial charge in [-0.05, 0) is 0 Å². The van der Waals surface area contributed by atoms with Crippen molar-refractivity contribution in [2.24, 2.45) is 0 Å². The predicted octanol–water partition coefficient (Wildman–Crippen LogP) is 0.686. The fraction of sp³-hybridized carbons (Fsp3) is 0.833. The van der Waals surface area contributed by atoms with E-state index in [9.17, 15) is 4.79 Å². The highest BCUT2D eigenvalue weighted by Gasteiger charge is 2.36. The molecule has 0 aromatic heterocycles. The summed E-state index contributed by atoms with van der Waals surface area (Å²) < 4.78 is 9.80. The molecule has 1 heterocycles. The van der Waals surface area contributed by atoms with Crippen LogP contribution in [0.4, 0.5) is 0 Å². The van der Waals surface area contributed by atoms with Crippen LogP contribution in [0.15, 0.2) is 0 Å². The topological polar surface area (TPSA) is 35.5 Å². The first kappa shape index (κ1) is 6.55. The summed E-state index contributed by atoms with van der Waals surface area (Å²) in [6.07, 6.45) is 0.812. The van der Waals surface area contributed by atoms with Gasteiger partial charge in [0.2, 0.25) is 5.79 Å². The van der Waals surface area contributed by atoms with E-state index in [2.05, 4.69) is 0 Å². The molecule has 3 heteroatoms. The van der Waals surface area contributed by atoms with E-state index in [-0.39, 0.29) is 5.97 Å². The normalized spacial score (nSPS) is 33.1. The van der Waals surface area contributed by atoms with Gasteiger partial charge in [0.05, 0.1) is 6.61 Å². The van der Waals surface area contributed by atoms with Crippen molar-refractivity contribution < 1.29 is 14.3 Å². The van der Waals surface area contributed by atoms with Gasteiger partial charge in [0.15, 0.2) is 0 Å². The van der Waals surface area contributed by atoms with Gasteiger partial charge < -0.3 is 9.47 Å². The summed E-state index contributed by atoms with van der Waals surface area (Å²) in [6, 6.07) is 0. The van der Waals surface area contributed by atoms with E-state index in [1.807, 2.05) is 0 Å². The first-order valence-corrected chi connectivity index (χ1v) is 2.96. The monoisotopic (exact) mass is 130 g/mol. The van der Waals surface area contributed by atoms with E-state index < -0.39 is 5.79 Å². The third-order valence-corrected chi connectivity index (χ3v) is 1.32. The Morgan fingerprint density at radius 2 is 2.33 bits per heavy atom. The Labute approximate surface area is 53.9 Å². The molecule has 1 aliphatic rings. The van der Waals surface area contributed by atoms with Crippen molar-refractivity contribution in [3.8, 4) is 0 Å². The molecule has 0 spiro atoms. The van der Waals surface area contributed by atoms with Crippen LogP contribution in [-0.4, -0.2) is 18.4 Å². The van der Waals surface area contributed by atoms with Gasteiger partial charge in [-0.3, -0.25) is 4.79 Å². The standard InChI is InChI=1S/C6H10O3/c1-5(7)9-6(2)3-4-8-6/h3-4H2,1-2H3. The van der Waals surface area contributed by atoms with Crippen LogP contribution in [0.1, 0.15) is 20.3 Å². The molecule has 0 bridgehead atoms. The first-order valence-electron chi connectivity index (χ1n) is 2.96. The molecule has 0 radical (unpaired) electrons. The largest absolute Gasteiger partial charge is 0.433 e. The highest BCUT2D eigenvalue weighted by atomic mass is 16.7. The van der Waals surface area contributed by atoms with Crippen molar-refractivity contribution in [1.82, 2.24) is 0 Å². The number of esters is 1. The molecule has 3 nitrogen and oxygen atoms in total. The molecule has 0 aromatic rings. The summed E-state index contributed by atoms with van der Waals surface area (Å²) in [5.41, 5.74) is 0. The smallest absolute Gasteiger partial charge is 0.305 e. The van der Waals surface area contributed by atoms with Gasteiger partial charge in [0, 0.05) is 20.3 Å². The van der Waals surface area contributed by atoms with Crippen molar-refractivity contribution in [1.29, 1.82) is 0 Å². The Kier molecular flexibility index (Phi) is 1.45. The average Bonchev–Trinajstić information content (AvgIpc) is 1.60. The Morgan fingerprint density at radius 1 is 1.78 bits per heavy atom. The number of ether oxygens (including phenoxy) is 2. The summed E-state index contributed by atoms with van der Waals surface area (Å²) in [6.45, 7) is 3.84. The number of carbonyl (C=O) groups excluding carboxylic acids is 1. The van der Waals surface area contributed by atoms with Gasteiger partial charge in [-0.1, -0.05) is 0 Å². The van der Waals surface area contributed by atoms with E-state index in [1.165, 1.54) is 6.92 Å². The van der Waals surface area contributed by atoms with E-state index in [1.54, 1.807) is 6.92 Å². The van der Waals surface area contributed by atoms with Crippen LogP contribution in [0, 0.1) is 0 Å². The van der Waals surface area contributed by atoms with E-state index >= 15 is 0 Å². The minimum absolute atomic E-state index is 0.280. The molecule has 9 heavy (non-hydrogen) atoms. The second-order valence-corrected chi connectivity index (χ2v) is 2.33. The Bertz CT molecular complexity index is 126. The van der Waals surface area contributed by atoms with Crippen LogP contribution < -0.4 is 0 Å². The van der Waals surface area contributed by atoms with Gasteiger partial charge in [0.25, 0.3) is 0 Å². The fourth-order valence-corrected chi connectivity index (χ4v) is 0.774. The molecule has 1 atom stereocenters. The van der Waals surface area contributed by atoms with Crippen LogP contribution in [0.3, 0.4) is 0 Å². The molecule has 52 valence electrons. The molecule has 1 unspecified atom stereocenters. The van der Waals surface area contributed by atoms with Gasteiger partial charge in [-0.25, -0.2) is 0 Å². The summed E-state index contributed by atoms with van der Waals surface area (Å²) in [5.74, 6) is -0.886. The van der Waals surface area contributed by atoms with Gasteiger partial charge >= 0.3 is 5.97 Å². The number of hydrogen-bond donors (Lipinski definition) is 0. The maximum Gasteiger partial charge on any atom is 0.305 e. The maximum atomic E-state index is 10.3. The van der Waals surface area contributed by atoms with Crippen molar-refractivity contribution in [2.75, 3.05) is 6.61 Å². The zero-order valence-electron chi connectivity index (χ0n) is 5.64. The molecule has 0 saturated carbocycles. The lowest BCUT2D eigenvalue weighted by molar-refractivity contribution is -0.280. The van der Waals surface area contributed by atoms with Gasteiger partial charge in [-0.2, -0.15) is 0 Å². The molecular weight excluding hydrogens is 120 g/mol. The molecule has 1 aliphatic heterocycles. The lowest BCUT2D eigenvalue weighted by Crippen LogP contribution is -2.44. The molecule has 0 amide bonds. The molecule has 1 saturated heterocycles. The second-order valence-electron chi connectivity index (χ2n) is 2.33. The number of rotatable bonds is 1. The van der Waals surface area contributed by atoms with E-state index in [0.29, 0.717) is 6.61 Å². The fourth-order valence-electron chi connectivity index (χ4n) is 0.774.